The number of para-hydroxylation sites is 1. The Morgan fingerprint density at radius 1 is 1.23 bits per heavy atom. The van der Waals surface area contributed by atoms with Gasteiger partial charge in [-0.3, -0.25) is 4.79 Å². The highest BCUT2D eigenvalue weighted by Crippen LogP contribution is 2.47. The van der Waals surface area contributed by atoms with Gasteiger partial charge in [-0.1, -0.05) is 32.4 Å². The van der Waals surface area contributed by atoms with Gasteiger partial charge in [0.2, 0.25) is 0 Å². The van der Waals surface area contributed by atoms with Crippen molar-refractivity contribution in [2.24, 2.45) is 5.92 Å². The topological polar surface area (TPSA) is 76.8 Å². The summed E-state index contributed by atoms with van der Waals surface area (Å²) >= 11 is 0. The summed E-state index contributed by atoms with van der Waals surface area (Å²) in [6.07, 6.45) is 3.48. The fraction of sp³-hybridized carbons (Fsp3) is 0.542. The number of amides is 1. The van der Waals surface area contributed by atoms with Gasteiger partial charge < -0.3 is 14.1 Å². The smallest absolute Gasteiger partial charge is 0.258 e. The quantitative estimate of drug-likeness (QED) is 0.534. The van der Waals surface area contributed by atoms with Crippen LogP contribution in [-0.2, 0) is 16.4 Å². The minimum Gasteiger partial charge on any atom is -0.493 e. The van der Waals surface area contributed by atoms with E-state index in [9.17, 15) is 13.2 Å². The summed E-state index contributed by atoms with van der Waals surface area (Å²) in [6.45, 7) is 5.08. The third-order valence-corrected chi connectivity index (χ3v) is 8.02. The molecule has 2 aromatic rings. The van der Waals surface area contributed by atoms with Gasteiger partial charge in [0, 0.05) is 12.0 Å². The van der Waals surface area contributed by atoms with Crippen molar-refractivity contribution in [3.63, 3.8) is 0 Å². The van der Waals surface area contributed by atoms with Crippen molar-refractivity contribution in [2.75, 3.05) is 18.1 Å². The largest absolute Gasteiger partial charge is 0.493 e. The predicted molar refractivity (Wildman–Crippen MR) is 119 cm³/mol. The Hall–Kier alpha value is -2.28. The number of sulfone groups is 1. The number of carbonyl (C=O) groups is 1. The highest BCUT2D eigenvalue weighted by atomic mass is 32.2. The van der Waals surface area contributed by atoms with Crippen LogP contribution in [0.1, 0.15) is 67.3 Å². The Bertz CT molecular complexity index is 1030. The van der Waals surface area contributed by atoms with Crippen LogP contribution in [0.4, 0.5) is 0 Å². The summed E-state index contributed by atoms with van der Waals surface area (Å²) in [5, 5.41) is 0. The van der Waals surface area contributed by atoms with Crippen molar-refractivity contribution in [3.05, 3.63) is 53.5 Å². The molecule has 0 bridgehead atoms. The van der Waals surface area contributed by atoms with Crippen molar-refractivity contribution in [1.29, 1.82) is 0 Å². The first-order chi connectivity index (χ1) is 14.9. The Balaban J connectivity index is 1.58. The maximum Gasteiger partial charge on any atom is 0.258 e. The first-order valence-electron chi connectivity index (χ1n) is 11.2. The Morgan fingerprint density at radius 2 is 2.00 bits per heavy atom. The molecule has 1 saturated heterocycles. The molecule has 1 aromatic heterocycles. The lowest BCUT2D eigenvalue weighted by Crippen LogP contribution is -2.40. The average molecular weight is 446 g/mol. The molecule has 4 rings (SSSR count). The van der Waals surface area contributed by atoms with Crippen LogP contribution >= 0.6 is 0 Å². The van der Waals surface area contributed by atoms with Gasteiger partial charge in [-0.15, -0.1) is 0 Å². The predicted octanol–water partition coefficient (Wildman–Crippen LogP) is 4.41. The third kappa shape index (κ3) is 5.14. The first kappa shape index (κ1) is 21.9. The molecule has 0 radical (unpaired) electrons. The number of nitrogens with zero attached hydrogens (tertiary/aromatic N) is 1. The van der Waals surface area contributed by atoms with E-state index < -0.39 is 9.84 Å². The molecule has 2 fully saturated rings. The molecule has 0 N–H and O–H groups in total. The maximum atomic E-state index is 13.6. The lowest BCUT2D eigenvalue weighted by molar-refractivity contribution is 0.0660. The second-order valence-electron chi connectivity index (χ2n) is 8.81. The van der Waals surface area contributed by atoms with E-state index in [2.05, 4.69) is 13.8 Å². The van der Waals surface area contributed by atoms with Crippen LogP contribution in [0.3, 0.4) is 0 Å². The van der Waals surface area contributed by atoms with Gasteiger partial charge in [0.1, 0.15) is 17.3 Å². The van der Waals surface area contributed by atoms with E-state index in [-0.39, 0.29) is 30.0 Å². The van der Waals surface area contributed by atoms with Gasteiger partial charge in [0.15, 0.2) is 9.84 Å². The van der Waals surface area contributed by atoms with E-state index >= 15 is 0 Å². The molecule has 0 spiro atoms. The van der Waals surface area contributed by atoms with Gasteiger partial charge in [0.25, 0.3) is 5.91 Å². The number of unbranched alkanes of at least 4 members (excludes halogenated alkanes) is 1. The molecule has 7 heteroatoms. The Labute approximate surface area is 184 Å². The molecule has 3 atom stereocenters. The lowest BCUT2D eigenvalue weighted by Gasteiger charge is -2.28. The summed E-state index contributed by atoms with van der Waals surface area (Å²) in [7, 11) is -3.14. The summed E-state index contributed by atoms with van der Waals surface area (Å²) in [5.74, 6) is 3.16. The zero-order valence-corrected chi connectivity index (χ0v) is 19.1. The molecule has 3 unspecified atom stereocenters. The standard InChI is InChI=1S/C24H31NO5S/c1-3-4-12-29-22-8-6-5-7-20(22)24(26)25(18-11-13-31(27,28)16-18)15-19-9-10-23(30-19)21-14-17(21)2/h5-10,17-18,21H,3-4,11-16H2,1-2H3. The summed E-state index contributed by atoms with van der Waals surface area (Å²) in [4.78, 5) is 15.3. The van der Waals surface area contributed by atoms with Crippen LogP contribution < -0.4 is 4.74 Å². The van der Waals surface area contributed by atoms with Gasteiger partial charge in [0.05, 0.1) is 30.2 Å². The SMILES string of the molecule is CCCCOc1ccccc1C(=O)N(Cc1ccc(C2CC2C)o1)C1CCS(=O)(=O)C1. The molecule has 1 aliphatic carbocycles. The lowest BCUT2D eigenvalue weighted by atomic mass is 10.1. The minimum absolute atomic E-state index is 0.00910. The Kier molecular flexibility index (Phi) is 6.42. The van der Waals surface area contributed by atoms with Crippen molar-refractivity contribution < 1.29 is 22.4 Å². The molecule has 2 heterocycles. The zero-order chi connectivity index (χ0) is 22.0. The second kappa shape index (κ2) is 9.07. The third-order valence-electron chi connectivity index (χ3n) is 6.27. The second-order valence-corrected chi connectivity index (χ2v) is 11.0. The van der Waals surface area contributed by atoms with E-state index in [4.69, 9.17) is 9.15 Å². The van der Waals surface area contributed by atoms with E-state index in [0.717, 1.165) is 25.0 Å². The first-order valence-corrected chi connectivity index (χ1v) is 13.0. The summed E-state index contributed by atoms with van der Waals surface area (Å²) in [5.41, 5.74) is 0.463. The van der Waals surface area contributed by atoms with E-state index in [1.807, 2.05) is 24.3 Å². The number of furan rings is 1. The van der Waals surface area contributed by atoms with Gasteiger partial charge >= 0.3 is 0 Å². The van der Waals surface area contributed by atoms with Gasteiger partial charge in [-0.2, -0.15) is 0 Å². The molecule has 1 aliphatic heterocycles. The fourth-order valence-electron chi connectivity index (χ4n) is 4.20. The van der Waals surface area contributed by atoms with Crippen LogP contribution in [0.25, 0.3) is 0 Å². The van der Waals surface area contributed by atoms with E-state index in [0.29, 0.717) is 41.9 Å². The van der Waals surface area contributed by atoms with Crippen LogP contribution in [0.5, 0.6) is 5.75 Å². The highest BCUT2D eigenvalue weighted by Gasteiger charge is 2.38. The van der Waals surface area contributed by atoms with Crippen molar-refractivity contribution in [1.82, 2.24) is 4.90 Å². The molecular formula is C24H31NO5S. The number of hydrogen-bond donors (Lipinski definition) is 0. The molecule has 2 aliphatic rings. The maximum absolute atomic E-state index is 13.6. The number of benzene rings is 1. The summed E-state index contributed by atoms with van der Waals surface area (Å²) in [6, 6.07) is 10.7. The zero-order valence-electron chi connectivity index (χ0n) is 18.2. The van der Waals surface area contributed by atoms with Crippen LogP contribution in [-0.4, -0.2) is 43.4 Å². The van der Waals surface area contributed by atoms with Crippen molar-refractivity contribution in [2.45, 2.75) is 58.0 Å². The number of hydrogen-bond acceptors (Lipinski definition) is 5. The Morgan fingerprint density at radius 3 is 2.68 bits per heavy atom. The normalized spacial score (nSPS) is 24.1. The fourth-order valence-corrected chi connectivity index (χ4v) is 5.93. The summed E-state index contributed by atoms with van der Waals surface area (Å²) < 4.78 is 36.2. The number of ether oxygens (including phenoxy) is 1. The van der Waals surface area contributed by atoms with E-state index in [1.54, 1.807) is 17.0 Å². The monoisotopic (exact) mass is 445 g/mol. The molecular weight excluding hydrogens is 414 g/mol. The van der Waals surface area contributed by atoms with Crippen LogP contribution in [0.15, 0.2) is 40.8 Å². The van der Waals surface area contributed by atoms with E-state index in [1.165, 1.54) is 0 Å². The van der Waals surface area contributed by atoms with Crippen molar-refractivity contribution >= 4 is 15.7 Å². The minimum atomic E-state index is -3.14. The molecule has 168 valence electrons. The average Bonchev–Trinajstić information content (AvgIpc) is 3.12. The van der Waals surface area contributed by atoms with Crippen LogP contribution in [0, 0.1) is 5.92 Å². The molecule has 1 saturated carbocycles. The van der Waals surface area contributed by atoms with Gasteiger partial charge in [-0.25, -0.2) is 8.42 Å². The van der Waals surface area contributed by atoms with Crippen molar-refractivity contribution in [3.8, 4) is 5.75 Å². The molecule has 1 amide bonds. The molecule has 1 aromatic carbocycles. The number of carbonyl (C=O) groups excluding carboxylic acids is 1. The molecule has 6 nitrogen and oxygen atoms in total. The molecule has 31 heavy (non-hydrogen) atoms. The number of rotatable bonds is 9. The highest BCUT2D eigenvalue weighted by molar-refractivity contribution is 7.91. The van der Waals surface area contributed by atoms with Gasteiger partial charge in [-0.05, 0) is 49.4 Å². The van der Waals surface area contributed by atoms with Crippen LogP contribution in [0.2, 0.25) is 0 Å².